The molecule has 0 bridgehead atoms. The molecule has 2 aromatic rings. The first-order chi connectivity index (χ1) is 9.90. The van der Waals surface area contributed by atoms with Crippen molar-refractivity contribution in [3.8, 4) is 0 Å². The Balaban J connectivity index is 2.35. The molecule has 1 aromatic carbocycles. The maximum absolute atomic E-state index is 13.4. The summed E-state index contributed by atoms with van der Waals surface area (Å²) >= 11 is 11.4. The summed E-state index contributed by atoms with van der Waals surface area (Å²) in [5.74, 6) is -2.82. The lowest BCUT2D eigenvalue weighted by Gasteiger charge is -2.09. The van der Waals surface area contributed by atoms with E-state index in [0.29, 0.717) is 0 Å². The van der Waals surface area contributed by atoms with Gasteiger partial charge in [0.2, 0.25) is 0 Å². The Morgan fingerprint density at radius 3 is 2.57 bits per heavy atom. The Kier molecular flexibility index (Phi) is 4.40. The molecule has 1 heterocycles. The van der Waals surface area contributed by atoms with Crippen LogP contribution in [0.1, 0.15) is 20.7 Å². The van der Waals surface area contributed by atoms with Crippen LogP contribution in [0.5, 0.6) is 0 Å². The Hall–Kier alpha value is -2.18. The van der Waals surface area contributed by atoms with Crippen LogP contribution >= 0.6 is 23.2 Å². The molecule has 0 spiro atoms. The largest absolute Gasteiger partial charge is 0.478 e. The summed E-state index contributed by atoms with van der Waals surface area (Å²) in [6.45, 7) is 0. The number of carboxylic acid groups (broad SMARTS) is 1. The Morgan fingerprint density at radius 2 is 1.90 bits per heavy atom. The number of anilines is 1. The minimum Gasteiger partial charge on any atom is -0.478 e. The third kappa shape index (κ3) is 3.29. The summed E-state index contributed by atoms with van der Waals surface area (Å²) in [6.07, 6.45) is 2.44. The third-order valence-electron chi connectivity index (χ3n) is 2.55. The summed E-state index contributed by atoms with van der Waals surface area (Å²) in [6, 6.07) is 3.19. The van der Waals surface area contributed by atoms with E-state index in [4.69, 9.17) is 28.3 Å². The number of amides is 1. The monoisotopic (exact) mass is 328 g/mol. The number of nitrogens with zero attached hydrogens (tertiary/aromatic N) is 1. The highest BCUT2D eigenvalue weighted by molar-refractivity contribution is 6.37. The molecule has 2 rings (SSSR count). The van der Waals surface area contributed by atoms with E-state index in [0.717, 1.165) is 12.1 Å². The molecule has 8 heteroatoms. The number of carbonyl (C=O) groups excluding carboxylic acids is 1. The number of carbonyl (C=O) groups is 2. The molecule has 0 saturated carbocycles. The lowest BCUT2D eigenvalue weighted by atomic mass is 10.1. The number of halogens is 3. The van der Waals surface area contributed by atoms with E-state index in [1.807, 2.05) is 0 Å². The minimum absolute atomic E-state index is 0.0265. The van der Waals surface area contributed by atoms with Crippen LogP contribution in [0.2, 0.25) is 10.0 Å². The molecule has 0 radical (unpaired) electrons. The molecule has 0 aliphatic carbocycles. The van der Waals surface area contributed by atoms with Crippen molar-refractivity contribution in [2.75, 3.05) is 5.32 Å². The van der Waals surface area contributed by atoms with Crippen molar-refractivity contribution in [2.45, 2.75) is 0 Å². The first-order valence-electron chi connectivity index (χ1n) is 5.53. The SMILES string of the molecule is O=C(Nc1cnccc1C(=O)O)c1cc(F)c(Cl)cc1Cl. The van der Waals surface area contributed by atoms with Crippen molar-refractivity contribution in [3.05, 3.63) is 57.6 Å². The van der Waals surface area contributed by atoms with Gasteiger partial charge in [0.05, 0.1) is 33.1 Å². The van der Waals surface area contributed by atoms with Crippen LogP contribution in [0.3, 0.4) is 0 Å². The maximum Gasteiger partial charge on any atom is 0.337 e. The molecule has 0 atom stereocenters. The van der Waals surface area contributed by atoms with E-state index < -0.39 is 17.7 Å². The van der Waals surface area contributed by atoms with Crippen LogP contribution in [0, 0.1) is 5.82 Å². The van der Waals surface area contributed by atoms with Gasteiger partial charge in [0.15, 0.2) is 0 Å². The zero-order valence-electron chi connectivity index (χ0n) is 10.2. The Labute approximate surface area is 128 Å². The van der Waals surface area contributed by atoms with Gasteiger partial charge < -0.3 is 10.4 Å². The van der Waals surface area contributed by atoms with Crippen molar-refractivity contribution < 1.29 is 19.1 Å². The number of aromatic nitrogens is 1. The van der Waals surface area contributed by atoms with Gasteiger partial charge in [-0.15, -0.1) is 0 Å². The molecule has 1 amide bonds. The highest BCUT2D eigenvalue weighted by Crippen LogP contribution is 2.25. The Bertz CT molecular complexity index is 737. The first-order valence-corrected chi connectivity index (χ1v) is 6.29. The summed E-state index contributed by atoms with van der Waals surface area (Å²) < 4.78 is 13.4. The predicted octanol–water partition coefficient (Wildman–Crippen LogP) is 3.48. The number of carboxylic acids is 1. The molecule has 1 aromatic heterocycles. The molecule has 0 aliphatic heterocycles. The molecule has 0 aliphatic rings. The predicted molar refractivity (Wildman–Crippen MR) is 75.6 cm³/mol. The zero-order chi connectivity index (χ0) is 15.6. The highest BCUT2D eigenvalue weighted by Gasteiger charge is 2.17. The molecule has 0 fully saturated rings. The second-order valence-corrected chi connectivity index (χ2v) is 4.74. The van der Waals surface area contributed by atoms with Gasteiger partial charge in [-0.1, -0.05) is 23.2 Å². The number of pyridine rings is 1. The van der Waals surface area contributed by atoms with Gasteiger partial charge in [-0.05, 0) is 18.2 Å². The van der Waals surface area contributed by atoms with Gasteiger partial charge >= 0.3 is 5.97 Å². The minimum atomic E-state index is -1.24. The average molecular weight is 329 g/mol. The van der Waals surface area contributed by atoms with Crippen molar-refractivity contribution >= 4 is 40.8 Å². The second-order valence-electron chi connectivity index (χ2n) is 3.93. The number of hydrogen-bond donors (Lipinski definition) is 2. The standard InChI is InChI=1S/C13H7Cl2FN2O3/c14-8-4-9(15)10(16)3-7(8)12(19)18-11-5-17-2-1-6(11)13(20)21/h1-5H,(H,18,19)(H,20,21). The molecule has 0 unspecified atom stereocenters. The Morgan fingerprint density at radius 1 is 1.19 bits per heavy atom. The number of aromatic carboxylic acids is 1. The third-order valence-corrected chi connectivity index (χ3v) is 3.16. The molecule has 2 N–H and O–H groups in total. The molecule has 0 saturated heterocycles. The molecule has 108 valence electrons. The van der Waals surface area contributed by atoms with Gasteiger partial charge in [0.25, 0.3) is 5.91 Å². The number of rotatable bonds is 3. The maximum atomic E-state index is 13.4. The van der Waals surface area contributed by atoms with Crippen LogP contribution in [-0.4, -0.2) is 22.0 Å². The van der Waals surface area contributed by atoms with E-state index in [2.05, 4.69) is 10.3 Å². The summed E-state index contributed by atoms with van der Waals surface area (Å²) in [7, 11) is 0. The molecule has 21 heavy (non-hydrogen) atoms. The molecular weight excluding hydrogens is 322 g/mol. The van der Waals surface area contributed by atoms with Gasteiger partial charge in [0, 0.05) is 6.20 Å². The topological polar surface area (TPSA) is 79.3 Å². The van der Waals surface area contributed by atoms with E-state index >= 15 is 0 Å². The lowest BCUT2D eigenvalue weighted by molar-refractivity contribution is 0.0698. The van der Waals surface area contributed by atoms with E-state index in [9.17, 15) is 14.0 Å². The van der Waals surface area contributed by atoms with E-state index in [1.54, 1.807) is 0 Å². The van der Waals surface area contributed by atoms with E-state index in [-0.39, 0.29) is 26.9 Å². The van der Waals surface area contributed by atoms with Gasteiger partial charge in [-0.2, -0.15) is 0 Å². The van der Waals surface area contributed by atoms with Crippen LogP contribution in [0.15, 0.2) is 30.6 Å². The van der Waals surface area contributed by atoms with Crippen molar-refractivity contribution in [3.63, 3.8) is 0 Å². The average Bonchev–Trinajstić information content (AvgIpc) is 2.43. The van der Waals surface area contributed by atoms with E-state index in [1.165, 1.54) is 18.5 Å². The van der Waals surface area contributed by atoms with Crippen LogP contribution in [0.4, 0.5) is 10.1 Å². The number of benzene rings is 1. The van der Waals surface area contributed by atoms with Crippen molar-refractivity contribution in [1.29, 1.82) is 0 Å². The van der Waals surface area contributed by atoms with Gasteiger partial charge in [-0.3, -0.25) is 9.78 Å². The highest BCUT2D eigenvalue weighted by atomic mass is 35.5. The van der Waals surface area contributed by atoms with Gasteiger partial charge in [-0.25, -0.2) is 9.18 Å². The van der Waals surface area contributed by atoms with Gasteiger partial charge in [0.1, 0.15) is 5.82 Å². The summed E-state index contributed by atoms with van der Waals surface area (Å²) in [5, 5.41) is 11.0. The first kappa shape index (κ1) is 15.2. The summed E-state index contributed by atoms with van der Waals surface area (Å²) in [4.78, 5) is 26.8. The molecule has 5 nitrogen and oxygen atoms in total. The quantitative estimate of drug-likeness (QED) is 0.845. The zero-order valence-corrected chi connectivity index (χ0v) is 11.7. The normalized spacial score (nSPS) is 10.2. The smallest absolute Gasteiger partial charge is 0.337 e. The fourth-order valence-electron chi connectivity index (χ4n) is 1.57. The van der Waals surface area contributed by atoms with Crippen LogP contribution in [0.25, 0.3) is 0 Å². The fourth-order valence-corrected chi connectivity index (χ4v) is 2.04. The van der Waals surface area contributed by atoms with Crippen molar-refractivity contribution in [2.24, 2.45) is 0 Å². The fraction of sp³-hybridized carbons (Fsp3) is 0. The van der Waals surface area contributed by atoms with Crippen molar-refractivity contribution in [1.82, 2.24) is 4.98 Å². The second kappa shape index (κ2) is 6.07. The molecular formula is C13H7Cl2FN2O3. The summed E-state index contributed by atoms with van der Waals surface area (Å²) in [5.41, 5.74) is -0.343. The number of nitrogens with one attached hydrogen (secondary N) is 1. The van der Waals surface area contributed by atoms with Crippen LogP contribution in [-0.2, 0) is 0 Å². The number of hydrogen-bond acceptors (Lipinski definition) is 3. The van der Waals surface area contributed by atoms with Crippen LogP contribution < -0.4 is 5.32 Å². The lowest BCUT2D eigenvalue weighted by Crippen LogP contribution is -2.15.